The lowest BCUT2D eigenvalue weighted by Gasteiger charge is -2.15. The van der Waals surface area contributed by atoms with E-state index >= 15 is 0 Å². The second kappa shape index (κ2) is 8.13. The summed E-state index contributed by atoms with van der Waals surface area (Å²) >= 11 is 2.67. The Hall–Kier alpha value is -1.69. The number of anilines is 1. The van der Waals surface area contributed by atoms with Gasteiger partial charge in [-0.2, -0.15) is 0 Å². The van der Waals surface area contributed by atoms with Crippen LogP contribution in [0.25, 0.3) is 0 Å². The van der Waals surface area contributed by atoms with Crippen molar-refractivity contribution in [1.82, 2.24) is 14.5 Å². The van der Waals surface area contributed by atoms with Gasteiger partial charge in [0.1, 0.15) is 10.8 Å². The first kappa shape index (κ1) is 19.6. The molecule has 0 radical (unpaired) electrons. The highest BCUT2D eigenvalue weighted by molar-refractivity contribution is 8.01. The number of aryl methyl sites for hydroxylation is 1. The molecule has 2 rings (SSSR count). The quantitative estimate of drug-likeness (QED) is 0.705. The van der Waals surface area contributed by atoms with E-state index in [2.05, 4.69) is 15.5 Å². The zero-order valence-corrected chi connectivity index (χ0v) is 16.6. The molecule has 0 saturated heterocycles. The number of hydrogen-bond acceptors (Lipinski definition) is 8. The number of carbonyl (C=O) groups excluding carboxylic acids is 1. The van der Waals surface area contributed by atoms with E-state index in [4.69, 9.17) is 4.74 Å². The van der Waals surface area contributed by atoms with Crippen LogP contribution in [0.1, 0.15) is 5.01 Å². The summed E-state index contributed by atoms with van der Waals surface area (Å²) in [5, 5.41) is 11.3. The summed E-state index contributed by atoms with van der Waals surface area (Å²) in [6.07, 6.45) is 0. The van der Waals surface area contributed by atoms with Gasteiger partial charge in [0.2, 0.25) is 15.9 Å². The summed E-state index contributed by atoms with van der Waals surface area (Å²) < 4.78 is 31.5. The molecule has 25 heavy (non-hydrogen) atoms. The Morgan fingerprint density at radius 1 is 1.36 bits per heavy atom. The highest BCUT2D eigenvalue weighted by atomic mass is 32.2. The second-order valence-electron chi connectivity index (χ2n) is 5.07. The zero-order chi connectivity index (χ0) is 18.6. The van der Waals surface area contributed by atoms with Crippen LogP contribution in [0.2, 0.25) is 0 Å². The number of benzene rings is 1. The fourth-order valence-corrected chi connectivity index (χ4v) is 4.35. The van der Waals surface area contributed by atoms with Gasteiger partial charge >= 0.3 is 0 Å². The first-order valence-corrected chi connectivity index (χ1v) is 10.3. The number of nitrogens with one attached hydrogen (secondary N) is 1. The third-order valence-electron chi connectivity index (χ3n) is 3.06. The van der Waals surface area contributed by atoms with Crippen molar-refractivity contribution >= 4 is 44.7 Å². The van der Waals surface area contributed by atoms with Crippen LogP contribution in [0.15, 0.2) is 27.4 Å². The van der Waals surface area contributed by atoms with Crippen LogP contribution in [0.5, 0.6) is 5.75 Å². The van der Waals surface area contributed by atoms with E-state index < -0.39 is 10.0 Å². The van der Waals surface area contributed by atoms with Crippen molar-refractivity contribution in [3.8, 4) is 5.75 Å². The summed E-state index contributed by atoms with van der Waals surface area (Å²) in [7, 11) is 0.726. The van der Waals surface area contributed by atoms with Gasteiger partial charge in [-0.3, -0.25) is 4.79 Å². The van der Waals surface area contributed by atoms with Crippen molar-refractivity contribution in [2.45, 2.75) is 16.2 Å². The lowest BCUT2D eigenvalue weighted by atomic mass is 10.3. The van der Waals surface area contributed by atoms with Crippen LogP contribution in [-0.2, 0) is 14.8 Å². The summed E-state index contributed by atoms with van der Waals surface area (Å²) in [5.41, 5.74) is 0.296. The zero-order valence-electron chi connectivity index (χ0n) is 14.1. The number of hydrogen-bond donors (Lipinski definition) is 1. The van der Waals surface area contributed by atoms with Gasteiger partial charge < -0.3 is 10.1 Å². The number of aromatic nitrogens is 2. The van der Waals surface area contributed by atoms with Gasteiger partial charge in [-0.05, 0) is 25.1 Å². The van der Waals surface area contributed by atoms with Crippen LogP contribution in [-0.4, -0.2) is 55.8 Å². The Bertz CT molecular complexity index is 865. The van der Waals surface area contributed by atoms with Crippen molar-refractivity contribution in [2.24, 2.45) is 0 Å². The minimum atomic E-state index is -3.61. The number of thioether (sulfide) groups is 1. The summed E-state index contributed by atoms with van der Waals surface area (Å²) in [4.78, 5) is 12.2. The monoisotopic (exact) mass is 402 g/mol. The lowest BCUT2D eigenvalue weighted by molar-refractivity contribution is -0.113. The Kier molecular flexibility index (Phi) is 6.38. The minimum Gasteiger partial charge on any atom is -0.495 e. The number of nitrogens with zero attached hydrogens (tertiary/aromatic N) is 3. The third kappa shape index (κ3) is 4.91. The van der Waals surface area contributed by atoms with E-state index in [-0.39, 0.29) is 16.6 Å². The van der Waals surface area contributed by atoms with Crippen molar-refractivity contribution in [1.29, 1.82) is 0 Å². The Labute approximate surface area is 154 Å². The van der Waals surface area contributed by atoms with Crippen LogP contribution in [0.3, 0.4) is 0 Å². The highest BCUT2D eigenvalue weighted by Gasteiger charge is 2.20. The van der Waals surface area contributed by atoms with E-state index in [0.29, 0.717) is 15.8 Å². The Morgan fingerprint density at radius 3 is 2.64 bits per heavy atom. The third-order valence-corrected chi connectivity index (χ3v) is 6.84. The van der Waals surface area contributed by atoms with Crippen molar-refractivity contribution in [2.75, 3.05) is 32.3 Å². The summed E-state index contributed by atoms with van der Waals surface area (Å²) in [6, 6.07) is 4.32. The SMILES string of the molecule is COc1ccc(S(=O)(=O)N(C)C)cc1NC(=O)CSc1nnc(C)s1. The molecule has 136 valence electrons. The maximum Gasteiger partial charge on any atom is 0.242 e. The molecule has 0 aliphatic carbocycles. The molecule has 1 heterocycles. The lowest BCUT2D eigenvalue weighted by Crippen LogP contribution is -2.22. The largest absolute Gasteiger partial charge is 0.495 e. The highest BCUT2D eigenvalue weighted by Crippen LogP contribution is 2.29. The molecule has 8 nitrogen and oxygen atoms in total. The van der Waals surface area contributed by atoms with Crippen LogP contribution in [0, 0.1) is 6.92 Å². The molecule has 0 aliphatic heterocycles. The van der Waals surface area contributed by atoms with Crippen LogP contribution < -0.4 is 10.1 Å². The van der Waals surface area contributed by atoms with Gasteiger partial charge in [0, 0.05) is 14.1 Å². The molecule has 0 fully saturated rings. The molecule has 0 bridgehead atoms. The van der Waals surface area contributed by atoms with Gasteiger partial charge in [-0.1, -0.05) is 23.1 Å². The number of methoxy groups -OCH3 is 1. The smallest absolute Gasteiger partial charge is 0.242 e. The van der Waals surface area contributed by atoms with Gasteiger partial charge in [-0.25, -0.2) is 12.7 Å². The molecule has 0 saturated carbocycles. The Balaban J connectivity index is 2.15. The van der Waals surface area contributed by atoms with Crippen molar-refractivity contribution in [3.05, 3.63) is 23.2 Å². The molecule has 1 aromatic carbocycles. The van der Waals surface area contributed by atoms with Gasteiger partial charge in [-0.15, -0.1) is 10.2 Å². The molecule has 11 heteroatoms. The van der Waals surface area contributed by atoms with Crippen LogP contribution in [0.4, 0.5) is 5.69 Å². The fourth-order valence-electron chi connectivity index (χ4n) is 1.81. The van der Waals surface area contributed by atoms with Crippen molar-refractivity contribution < 1.29 is 17.9 Å². The predicted octanol–water partition coefficient (Wildman–Crippen LogP) is 1.84. The maximum absolute atomic E-state index is 12.2. The fraction of sp³-hybridized carbons (Fsp3) is 0.357. The maximum atomic E-state index is 12.2. The Morgan fingerprint density at radius 2 is 2.08 bits per heavy atom. The van der Waals surface area contributed by atoms with E-state index in [1.54, 1.807) is 0 Å². The molecular weight excluding hydrogens is 384 g/mol. The molecular formula is C14H18N4O4S3. The molecule has 2 aromatic rings. The molecule has 0 atom stereocenters. The molecule has 1 aromatic heterocycles. The average molecular weight is 403 g/mol. The number of amides is 1. The minimum absolute atomic E-state index is 0.0704. The van der Waals surface area contributed by atoms with E-state index in [0.717, 1.165) is 9.31 Å². The van der Waals surface area contributed by atoms with E-state index in [1.807, 2.05) is 6.92 Å². The second-order valence-corrected chi connectivity index (χ2v) is 9.63. The number of sulfonamides is 1. The predicted molar refractivity (Wildman–Crippen MR) is 97.9 cm³/mol. The normalized spacial score (nSPS) is 11.6. The van der Waals surface area contributed by atoms with Gasteiger partial charge in [0.05, 0.1) is 23.4 Å². The van der Waals surface area contributed by atoms with E-state index in [1.165, 1.54) is 62.5 Å². The topological polar surface area (TPSA) is 101 Å². The average Bonchev–Trinajstić information content (AvgIpc) is 2.98. The summed E-state index contributed by atoms with van der Waals surface area (Å²) in [5.74, 6) is 0.209. The first-order chi connectivity index (χ1) is 11.7. The standard InChI is InChI=1S/C14H18N4O4S3/c1-9-16-17-14(24-9)23-8-13(19)15-11-7-10(5-6-12(11)22-4)25(20,21)18(2)3/h5-7H,8H2,1-4H3,(H,15,19). The molecule has 0 spiro atoms. The molecule has 1 amide bonds. The van der Waals surface area contributed by atoms with Crippen molar-refractivity contribution in [3.63, 3.8) is 0 Å². The van der Waals surface area contributed by atoms with Crippen LogP contribution >= 0.6 is 23.1 Å². The summed E-state index contributed by atoms with van der Waals surface area (Å²) in [6.45, 7) is 1.84. The molecule has 0 aliphatic rings. The number of ether oxygens (including phenoxy) is 1. The molecule has 1 N–H and O–H groups in total. The van der Waals surface area contributed by atoms with Gasteiger partial charge in [0.25, 0.3) is 0 Å². The van der Waals surface area contributed by atoms with Gasteiger partial charge in [0.15, 0.2) is 4.34 Å². The molecule has 0 unspecified atom stereocenters. The number of carbonyl (C=O) groups is 1. The number of rotatable bonds is 7. The van der Waals surface area contributed by atoms with E-state index in [9.17, 15) is 13.2 Å². The first-order valence-electron chi connectivity index (χ1n) is 7.07.